The van der Waals surface area contributed by atoms with Crippen molar-refractivity contribution in [2.75, 3.05) is 16.8 Å². The van der Waals surface area contributed by atoms with E-state index < -0.39 is 15.9 Å². The summed E-state index contributed by atoms with van der Waals surface area (Å²) in [6.07, 6.45) is 0.414. The Kier molecular flexibility index (Phi) is 5.75. The van der Waals surface area contributed by atoms with E-state index in [-0.39, 0.29) is 23.5 Å². The van der Waals surface area contributed by atoms with E-state index in [9.17, 15) is 18.0 Å². The topological polar surface area (TPSA) is 104 Å². The van der Waals surface area contributed by atoms with Gasteiger partial charge in [-0.05, 0) is 30.2 Å². The van der Waals surface area contributed by atoms with Crippen LogP contribution >= 0.6 is 0 Å². The largest absolute Gasteiger partial charge is 0.348 e. The van der Waals surface area contributed by atoms with Crippen LogP contribution < -0.4 is 16.0 Å². The zero-order valence-electron chi connectivity index (χ0n) is 14.6. The van der Waals surface area contributed by atoms with Crippen LogP contribution in [0.3, 0.4) is 0 Å². The van der Waals surface area contributed by atoms with Crippen LogP contribution in [0.1, 0.15) is 22.3 Å². The highest BCUT2D eigenvalue weighted by atomic mass is 32.2. The Morgan fingerprint density at radius 2 is 1.81 bits per heavy atom. The van der Waals surface area contributed by atoms with Crippen molar-refractivity contribution in [2.24, 2.45) is 0 Å². The summed E-state index contributed by atoms with van der Waals surface area (Å²) in [6.45, 7) is 0.411. The number of anilines is 1. The lowest BCUT2D eigenvalue weighted by molar-refractivity contribution is 0.0951. The Bertz CT molecular complexity index is 929. The quantitative estimate of drug-likeness (QED) is 0.729. The molecule has 1 saturated heterocycles. The van der Waals surface area contributed by atoms with Gasteiger partial charge in [0.15, 0.2) is 9.84 Å². The minimum atomic E-state index is -3.06. The van der Waals surface area contributed by atoms with Crippen molar-refractivity contribution in [3.63, 3.8) is 0 Å². The molecule has 3 N–H and O–H groups in total. The number of nitrogens with one attached hydrogen (secondary N) is 3. The van der Waals surface area contributed by atoms with E-state index in [0.717, 1.165) is 5.56 Å². The monoisotopic (exact) mass is 387 g/mol. The summed E-state index contributed by atoms with van der Waals surface area (Å²) in [5, 5.41) is 8.12. The van der Waals surface area contributed by atoms with E-state index in [1.165, 1.54) is 0 Å². The highest BCUT2D eigenvalue weighted by molar-refractivity contribution is 7.91. The Morgan fingerprint density at radius 1 is 1.04 bits per heavy atom. The predicted octanol–water partition coefficient (Wildman–Crippen LogP) is 1.93. The zero-order valence-corrected chi connectivity index (χ0v) is 15.5. The molecule has 27 heavy (non-hydrogen) atoms. The van der Waals surface area contributed by atoms with Gasteiger partial charge in [0.05, 0.1) is 11.5 Å². The van der Waals surface area contributed by atoms with E-state index in [2.05, 4.69) is 16.0 Å². The molecular weight excluding hydrogens is 366 g/mol. The van der Waals surface area contributed by atoms with Gasteiger partial charge in [0, 0.05) is 23.8 Å². The number of amides is 3. The van der Waals surface area contributed by atoms with Crippen LogP contribution in [-0.4, -0.2) is 37.9 Å². The van der Waals surface area contributed by atoms with Crippen molar-refractivity contribution in [3.8, 4) is 0 Å². The van der Waals surface area contributed by atoms with Gasteiger partial charge in [-0.3, -0.25) is 4.79 Å². The molecular formula is C19H21N3O4S. The molecule has 0 bridgehead atoms. The summed E-state index contributed by atoms with van der Waals surface area (Å²) in [7, 11) is -3.06. The standard InChI is InChI=1S/C19H21N3O4S/c23-18(20-12-14-5-2-1-3-6-14)15-7-4-8-16(11-15)21-19(24)22-17-9-10-27(25,26)13-17/h1-8,11,17H,9-10,12-13H2,(H,20,23)(H2,21,22,24)/t17-/m1/s1. The fourth-order valence-electron chi connectivity index (χ4n) is 2.88. The number of benzene rings is 2. The van der Waals surface area contributed by atoms with Gasteiger partial charge >= 0.3 is 6.03 Å². The molecule has 1 aliphatic heterocycles. The molecule has 3 amide bonds. The van der Waals surface area contributed by atoms with Crippen molar-refractivity contribution >= 4 is 27.5 Å². The van der Waals surface area contributed by atoms with Crippen LogP contribution in [0.2, 0.25) is 0 Å². The number of hydrogen-bond donors (Lipinski definition) is 3. The van der Waals surface area contributed by atoms with E-state index in [0.29, 0.717) is 24.2 Å². The molecule has 3 rings (SSSR count). The molecule has 0 aromatic heterocycles. The second kappa shape index (κ2) is 8.22. The van der Waals surface area contributed by atoms with Crippen LogP contribution in [0.15, 0.2) is 54.6 Å². The van der Waals surface area contributed by atoms with Crippen LogP contribution in [0.5, 0.6) is 0 Å². The molecule has 7 nitrogen and oxygen atoms in total. The molecule has 0 radical (unpaired) electrons. The first-order chi connectivity index (χ1) is 12.9. The molecule has 142 valence electrons. The first-order valence-corrected chi connectivity index (χ1v) is 10.4. The summed E-state index contributed by atoms with van der Waals surface area (Å²) in [5.41, 5.74) is 1.87. The van der Waals surface area contributed by atoms with Gasteiger partial charge in [-0.1, -0.05) is 36.4 Å². The lowest BCUT2D eigenvalue weighted by atomic mass is 10.1. The number of carbonyl (C=O) groups is 2. The smallest absolute Gasteiger partial charge is 0.319 e. The number of urea groups is 1. The van der Waals surface area contributed by atoms with Gasteiger partial charge in [0.25, 0.3) is 5.91 Å². The van der Waals surface area contributed by atoms with Gasteiger partial charge in [-0.25, -0.2) is 13.2 Å². The fourth-order valence-corrected chi connectivity index (χ4v) is 4.55. The number of carbonyl (C=O) groups excluding carboxylic acids is 2. The Labute approximate surface area is 158 Å². The SMILES string of the molecule is O=C(Nc1cccc(C(=O)NCc2ccccc2)c1)N[C@@H]1CCS(=O)(=O)C1. The first-order valence-electron chi connectivity index (χ1n) is 8.61. The average molecular weight is 387 g/mol. The molecule has 0 saturated carbocycles. The third-order valence-electron chi connectivity index (χ3n) is 4.25. The molecule has 8 heteroatoms. The Morgan fingerprint density at radius 3 is 2.52 bits per heavy atom. The lowest BCUT2D eigenvalue weighted by Crippen LogP contribution is -2.38. The molecule has 2 aromatic carbocycles. The third kappa shape index (κ3) is 5.55. The van der Waals surface area contributed by atoms with Gasteiger partial charge in [0.2, 0.25) is 0 Å². The second-order valence-corrected chi connectivity index (χ2v) is 8.68. The zero-order chi connectivity index (χ0) is 19.3. The molecule has 0 spiro atoms. The van der Waals surface area contributed by atoms with Crippen molar-refractivity contribution in [2.45, 2.75) is 19.0 Å². The van der Waals surface area contributed by atoms with Crippen molar-refractivity contribution < 1.29 is 18.0 Å². The summed E-state index contributed by atoms with van der Waals surface area (Å²) in [6, 6.07) is 15.3. The maximum absolute atomic E-state index is 12.3. The van der Waals surface area contributed by atoms with Gasteiger partial charge in [-0.2, -0.15) is 0 Å². The second-order valence-electron chi connectivity index (χ2n) is 6.45. The predicted molar refractivity (Wildman–Crippen MR) is 103 cm³/mol. The maximum Gasteiger partial charge on any atom is 0.319 e. The van der Waals surface area contributed by atoms with Crippen LogP contribution in [0.4, 0.5) is 10.5 Å². The minimum Gasteiger partial charge on any atom is -0.348 e. The molecule has 1 atom stereocenters. The Hall–Kier alpha value is -2.87. The van der Waals surface area contributed by atoms with E-state index in [1.807, 2.05) is 30.3 Å². The normalized spacial score (nSPS) is 17.9. The van der Waals surface area contributed by atoms with Crippen LogP contribution in [0.25, 0.3) is 0 Å². The Balaban J connectivity index is 1.55. The maximum atomic E-state index is 12.3. The fraction of sp³-hybridized carbons (Fsp3) is 0.263. The summed E-state index contributed by atoms with van der Waals surface area (Å²) in [4.78, 5) is 24.4. The van der Waals surface area contributed by atoms with Gasteiger partial charge in [-0.15, -0.1) is 0 Å². The van der Waals surface area contributed by atoms with E-state index in [1.54, 1.807) is 24.3 Å². The first kappa shape index (κ1) is 18.9. The molecule has 1 aliphatic rings. The van der Waals surface area contributed by atoms with Crippen molar-refractivity contribution in [1.82, 2.24) is 10.6 Å². The van der Waals surface area contributed by atoms with E-state index >= 15 is 0 Å². The van der Waals surface area contributed by atoms with Crippen LogP contribution in [-0.2, 0) is 16.4 Å². The van der Waals surface area contributed by atoms with Gasteiger partial charge in [0.1, 0.15) is 0 Å². The summed E-state index contributed by atoms with van der Waals surface area (Å²) in [5.74, 6) is -0.193. The van der Waals surface area contributed by atoms with Crippen molar-refractivity contribution in [3.05, 3.63) is 65.7 Å². The number of hydrogen-bond acceptors (Lipinski definition) is 4. The highest BCUT2D eigenvalue weighted by Gasteiger charge is 2.28. The van der Waals surface area contributed by atoms with Gasteiger partial charge < -0.3 is 16.0 Å². The van der Waals surface area contributed by atoms with Crippen LogP contribution in [0, 0.1) is 0 Å². The lowest BCUT2D eigenvalue weighted by Gasteiger charge is -2.13. The minimum absolute atomic E-state index is 0.0393. The number of rotatable bonds is 5. The molecule has 2 aromatic rings. The summed E-state index contributed by atoms with van der Waals surface area (Å²) < 4.78 is 22.9. The molecule has 0 unspecified atom stereocenters. The molecule has 1 fully saturated rings. The average Bonchev–Trinajstić information content (AvgIpc) is 2.99. The van der Waals surface area contributed by atoms with Crippen molar-refractivity contribution in [1.29, 1.82) is 0 Å². The third-order valence-corrected chi connectivity index (χ3v) is 6.01. The highest BCUT2D eigenvalue weighted by Crippen LogP contribution is 2.13. The molecule has 0 aliphatic carbocycles. The summed E-state index contributed by atoms with van der Waals surface area (Å²) >= 11 is 0. The number of sulfone groups is 1. The molecule has 1 heterocycles. The van der Waals surface area contributed by atoms with E-state index in [4.69, 9.17) is 0 Å².